The van der Waals surface area contributed by atoms with Gasteiger partial charge in [0, 0.05) is 25.7 Å². The standard InChI is InChI=1S/C23H24ClN5O3/c1-26(2)13-16-6-5-7-18(12-16)32-22-25-20-19(21(30)28(4)23(31)27(20)3)29(22)14-15-8-10-17(24)11-9-15/h5-12H,13-14H2,1-4H3. The minimum atomic E-state index is -0.446. The number of hydrogen-bond acceptors (Lipinski definition) is 5. The first-order valence-corrected chi connectivity index (χ1v) is 10.4. The highest BCUT2D eigenvalue weighted by atomic mass is 35.5. The Morgan fingerprint density at radius 2 is 1.72 bits per heavy atom. The van der Waals surface area contributed by atoms with Crippen molar-refractivity contribution in [3.8, 4) is 11.8 Å². The summed E-state index contributed by atoms with van der Waals surface area (Å²) in [6, 6.07) is 15.3. The number of aromatic nitrogens is 4. The van der Waals surface area contributed by atoms with E-state index in [4.69, 9.17) is 16.3 Å². The van der Waals surface area contributed by atoms with Crippen molar-refractivity contribution in [3.05, 3.63) is 85.5 Å². The van der Waals surface area contributed by atoms with Crippen LogP contribution >= 0.6 is 11.6 Å². The molecule has 0 saturated heterocycles. The average molecular weight is 454 g/mol. The van der Waals surface area contributed by atoms with E-state index >= 15 is 0 Å². The summed E-state index contributed by atoms with van der Waals surface area (Å²) in [7, 11) is 7.03. The molecule has 166 valence electrons. The summed E-state index contributed by atoms with van der Waals surface area (Å²) in [6.07, 6.45) is 0. The fourth-order valence-electron chi connectivity index (χ4n) is 3.60. The molecule has 2 aromatic heterocycles. The van der Waals surface area contributed by atoms with Gasteiger partial charge >= 0.3 is 11.7 Å². The minimum absolute atomic E-state index is 0.232. The van der Waals surface area contributed by atoms with Crippen molar-refractivity contribution in [2.45, 2.75) is 13.1 Å². The molecule has 32 heavy (non-hydrogen) atoms. The molecule has 0 spiro atoms. The molecule has 0 unspecified atom stereocenters. The fraction of sp³-hybridized carbons (Fsp3) is 0.261. The van der Waals surface area contributed by atoms with Gasteiger partial charge in [-0.05, 0) is 49.5 Å². The Bertz CT molecular complexity index is 1400. The normalized spacial score (nSPS) is 11.4. The van der Waals surface area contributed by atoms with E-state index in [-0.39, 0.29) is 11.7 Å². The van der Waals surface area contributed by atoms with Crippen LogP contribution in [0.5, 0.6) is 11.8 Å². The van der Waals surface area contributed by atoms with Gasteiger partial charge in [0.05, 0.1) is 6.54 Å². The van der Waals surface area contributed by atoms with E-state index in [2.05, 4.69) is 9.88 Å². The largest absolute Gasteiger partial charge is 0.425 e. The maximum atomic E-state index is 13.0. The van der Waals surface area contributed by atoms with Crippen molar-refractivity contribution in [2.75, 3.05) is 14.1 Å². The third-order valence-corrected chi connectivity index (χ3v) is 5.43. The number of hydrogen-bond donors (Lipinski definition) is 0. The number of fused-ring (bicyclic) bond motifs is 1. The van der Waals surface area contributed by atoms with Crippen LogP contribution in [0.2, 0.25) is 5.02 Å². The van der Waals surface area contributed by atoms with Crippen molar-refractivity contribution in [3.63, 3.8) is 0 Å². The zero-order chi connectivity index (χ0) is 23.0. The smallest absolute Gasteiger partial charge is 0.332 e. The summed E-state index contributed by atoms with van der Waals surface area (Å²) < 4.78 is 10.3. The van der Waals surface area contributed by atoms with Gasteiger partial charge in [-0.2, -0.15) is 4.98 Å². The molecule has 0 fully saturated rings. The van der Waals surface area contributed by atoms with Crippen molar-refractivity contribution < 1.29 is 4.74 Å². The van der Waals surface area contributed by atoms with Gasteiger partial charge in [-0.25, -0.2) is 4.79 Å². The van der Waals surface area contributed by atoms with Crippen molar-refractivity contribution in [1.82, 2.24) is 23.6 Å². The summed E-state index contributed by atoms with van der Waals surface area (Å²) in [5.74, 6) is 0.596. The SMILES string of the molecule is CN(C)Cc1cccc(Oc2nc3c(c(=O)n(C)c(=O)n3C)n2Cc2ccc(Cl)cc2)c1. The number of nitrogens with zero attached hydrogens (tertiary/aromatic N) is 5. The van der Waals surface area contributed by atoms with Crippen LogP contribution in [-0.2, 0) is 27.2 Å². The fourth-order valence-corrected chi connectivity index (χ4v) is 3.73. The zero-order valence-electron chi connectivity index (χ0n) is 18.4. The summed E-state index contributed by atoms with van der Waals surface area (Å²) in [5, 5.41) is 0.622. The Labute approximate surface area is 189 Å². The van der Waals surface area contributed by atoms with Crippen LogP contribution in [0, 0.1) is 0 Å². The van der Waals surface area contributed by atoms with E-state index in [1.807, 2.05) is 50.5 Å². The van der Waals surface area contributed by atoms with E-state index in [1.165, 1.54) is 11.6 Å². The molecule has 0 atom stereocenters. The van der Waals surface area contributed by atoms with E-state index < -0.39 is 11.2 Å². The van der Waals surface area contributed by atoms with E-state index in [9.17, 15) is 9.59 Å². The molecule has 0 radical (unpaired) electrons. The Hall–Kier alpha value is -3.36. The van der Waals surface area contributed by atoms with Crippen molar-refractivity contribution >= 4 is 22.8 Å². The molecule has 2 aromatic carbocycles. The van der Waals surface area contributed by atoms with Crippen molar-refractivity contribution in [2.24, 2.45) is 14.1 Å². The van der Waals surface area contributed by atoms with Crippen molar-refractivity contribution in [1.29, 1.82) is 0 Å². The third kappa shape index (κ3) is 4.19. The quantitative estimate of drug-likeness (QED) is 0.448. The topological polar surface area (TPSA) is 74.3 Å². The van der Waals surface area contributed by atoms with Gasteiger partial charge in [0.2, 0.25) is 0 Å². The summed E-state index contributed by atoms with van der Waals surface area (Å²) in [6.45, 7) is 1.08. The molecule has 8 nitrogen and oxygen atoms in total. The molecule has 2 heterocycles. The molecule has 4 rings (SSSR count). The summed E-state index contributed by atoms with van der Waals surface area (Å²) >= 11 is 6.02. The Kier molecular flexibility index (Phi) is 5.90. The van der Waals surface area contributed by atoms with E-state index in [0.29, 0.717) is 22.8 Å². The number of aryl methyl sites for hydroxylation is 1. The summed E-state index contributed by atoms with van der Waals surface area (Å²) in [5.41, 5.74) is 1.68. The average Bonchev–Trinajstić information content (AvgIpc) is 3.10. The molecular formula is C23H24ClN5O3. The van der Waals surface area contributed by atoms with Gasteiger partial charge in [0.15, 0.2) is 11.2 Å². The highest BCUT2D eigenvalue weighted by Crippen LogP contribution is 2.26. The number of imidazole rings is 1. The van der Waals surface area contributed by atoms with Crippen LogP contribution in [0.25, 0.3) is 11.2 Å². The maximum absolute atomic E-state index is 13.0. The van der Waals surface area contributed by atoms with Crippen LogP contribution in [-0.4, -0.2) is 37.7 Å². The predicted octanol–water partition coefficient (Wildman–Crippen LogP) is 2.99. The first-order chi connectivity index (χ1) is 15.2. The molecule has 0 N–H and O–H groups in total. The number of rotatable bonds is 6. The Morgan fingerprint density at radius 3 is 2.41 bits per heavy atom. The lowest BCUT2D eigenvalue weighted by Crippen LogP contribution is -2.37. The Morgan fingerprint density at radius 1 is 1.00 bits per heavy atom. The maximum Gasteiger partial charge on any atom is 0.332 e. The number of benzene rings is 2. The second kappa shape index (κ2) is 8.64. The molecule has 0 aliphatic rings. The van der Waals surface area contributed by atoms with Gasteiger partial charge in [0.25, 0.3) is 5.56 Å². The van der Waals surface area contributed by atoms with Crippen LogP contribution in [0.15, 0.2) is 58.1 Å². The lowest BCUT2D eigenvalue weighted by molar-refractivity contribution is 0.397. The van der Waals surface area contributed by atoms with Crippen LogP contribution in [0.1, 0.15) is 11.1 Å². The lowest BCUT2D eigenvalue weighted by atomic mass is 10.2. The van der Waals surface area contributed by atoms with E-state index in [1.54, 1.807) is 23.7 Å². The van der Waals surface area contributed by atoms with Gasteiger partial charge in [-0.15, -0.1) is 0 Å². The highest BCUT2D eigenvalue weighted by Gasteiger charge is 2.21. The monoisotopic (exact) mass is 453 g/mol. The first kappa shape index (κ1) is 21.9. The molecule has 0 saturated carbocycles. The van der Waals surface area contributed by atoms with Gasteiger partial charge < -0.3 is 9.64 Å². The second-order valence-corrected chi connectivity index (χ2v) is 8.41. The van der Waals surface area contributed by atoms with Crippen LogP contribution < -0.4 is 16.0 Å². The molecule has 0 amide bonds. The third-order valence-electron chi connectivity index (χ3n) is 5.17. The highest BCUT2D eigenvalue weighted by molar-refractivity contribution is 6.30. The predicted molar refractivity (Wildman–Crippen MR) is 125 cm³/mol. The molecule has 0 aliphatic carbocycles. The second-order valence-electron chi connectivity index (χ2n) is 7.97. The number of ether oxygens (including phenoxy) is 1. The summed E-state index contributed by atoms with van der Waals surface area (Å²) in [4.78, 5) is 32.0. The molecule has 9 heteroatoms. The molecule has 0 bridgehead atoms. The molecule has 0 aliphatic heterocycles. The Balaban J connectivity index is 1.87. The zero-order valence-corrected chi connectivity index (χ0v) is 19.1. The minimum Gasteiger partial charge on any atom is -0.425 e. The van der Waals surface area contributed by atoms with Crippen LogP contribution in [0.3, 0.4) is 0 Å². The van der Waals surface area contributed by atoms with Crippen LogP contribution in [0.4, 0.5) is 0 Å². The van der Waals surface area contributed by atoms with Gasteiger partial charge in [-0.3, -0.25) is 18.5 Å². The number of halogens is 1. The lowest BCUT2D eigenvalue weighted by Gasteiger charge is -2.12. The van der Waals surface area contributed by atoms with E-state index in [0.717, 1.165) is 22.2 Å². The molecule has 4 aromatic rings. The first-order valence-electron chi connectivity index (χ1n) is 10.1. The van der Waals surface area contributed by atoms with Gasteiger partial charge in [-0.1, -0.05) is 35.9 Å². The van der Waals surface area contributed by atoms with Gasteiger partial charge in [0.1, 0.15) is 5.75 Å². The molecular weight excluding hydrogens is 430 g/mol.